The van der Waals surface area contributed by atoms with Crippen molar-refractivity contribution in [3.05, 3.63) is 50.1 Å². The molecule has 6 heteroatoms. The number of nitrogens with one attached hydrogen (secondary N) is 1. The van der Waals surface area contributed by atoms with Crippen LogP contribution in [0.3, 0.4) is 0 Å². The first-order chi connectivity index (χ1) is 9.11. The van der Waals surface area contributed by atoms with E-state index in [0.29, 0.717) is 6.54 Å². The Morgan fingerprint density at radius 2 is 2.00 bits per heavy atom. The minimum absolute atomic E-state index is 0.0760. The molecule has 2 rings (SSSR count). The third-order valence-corrected chi connectivity index (χ3v) is 4.20. The smallest absolute Gasteiger partial charge is 0.183 e. The van der Waals surface area contributed by atoms with Crippen LogP contribution in [0.5, 0.6) is 0 Å². The van der Waals surface area contributed by atoms with E-state index in [1.807, 2.05) is 12.1 Å². The molecule has 0 saturated carbocycles. The lowest BCUT2D eigenvalue weighted by molar-refractivity contribution is 0.508. The van der Waals surface area contributed by atoms with Gasteiger partial charge in [-0.1, -0.05) is 0 Å². The van der Waals surface area contributed by atoms with Crippen LogP contribution in [0.4, 0.5) is 14.5 Å². The maximum absolute atomic E-state index is 13.6. The van der Waals surface area contributed by atoms with Gasteiger partial charge in [0.25, 0.3) is 0 Å². The summed E-state index contributed by atoms with van der Waals surface area (Å²) in [4.78, 5) is 1.15. The third-order valence-electron chi connectivity index (χ3n) is 2.52. The Morgan fingerprint density at radius 1 is 1.21 bits per heavy atom. The van der Waals surface area contributed by atoms with E-state index < -0.39 is 11.6 Å². The van der Waals surface area contributed by atoms with Gasteiger partial charge in [0.15, 0.2) is 11.6 Å². The van der Waals surface area contributed by atoms with Gasteiger partial charge in [-0.3, -0.25) is 0 Å². The van der Waals surface area contributed by atoms with Gasteiger partial charge in [-0.15, -0.1) is 11.3 Å². The lowest BCUT2D eigenvalue weighted by Crippen LogP contribution is -2.07. The zero-order valence-corrected chi connectivity index (χ0v) is 12.1. The predicted molar refractivity (Wildman–Crippen MR) is 75.3 cm³/mol. The first-order valence-corrected chi connectivity index (χ1v) is 7.09. The lowest BCUT2D eigenvalue weighted by atomic mass is 10.2. The summed E-state index contributed by atoms with van der Waals surface area (Å²) in [6.07, 6.45) is 0.720. The number of halogens is 3. The van der Waals surface area contributed by atoms with Gasteiger partial charge in [-0.25, -0.2) is 8.78 Å². The third kappa shape index (κ3) is 3.31. The van der Waals surface area contributed by atoms with Crippen LogP contribution in [0, 0.1) is 23.0 Å². The lowest BCUT2D eigenvalue weighted by Gasteiger charge is -2.07. The van der Waals surface area contributed by atoms with Crippen molar-refractivity contribution in [1.82, 2.24) is 0 Å². The molecule has 98 valence electrons. The molecule has 0 spiro atoms. The Labute approximate surface area is 121 Å². The van der Waals surface area contributed by atoms with Crippen LogP contribution in [0.2, 0.25) is 0 Å². The average molecular weight is 343 g/mol. The summed E-state index contributed by atoms with van der Waals surface area (Å²) in [5.41, 5.74) is -0.211. The maximum atomic E-state index is 13.6. The van der Waals surface area contributed by atoms with Gasteiger partial charge >= 0.3 is 0 Å². The van der Waals surface area contributed by atoms with E-state index in [1.54, 1.807) is 17.4 Å². The number of rotatable bonds is 4. The Balaban J connectivity index is 2.00. The molecular weight excluding hydrogens is 334 g/mol. The van der Waals surface area contributed by atoms with E-state index in [9.17, 15) is 8.78 Å². The standard InChI is InChI=1S/C13H9BrF2N2S/c14-11-4-2-9(19-11)5-6-18-10-3-1-8(7-17)12(15)13(10)16/h1-4,18H,5-6H2. The van der Waals surface area contributed by atoms with Crippen molar-refractivity contribution in [2.45, 2.75) is 6.42 Å². The molecule has 0 aliphatic rings. The Morgan fingerprint density at radius 3 is 2.63 bits per heavy atom. The summed E-state index contributed by atoms with van der Waals surface area (Å²) in [6.45, 7) is 0.495. The van der Waals surface area contributed by atoms with Crippen LogP contribution in [-0.2, 0) is 6.42 Å². The first kappa shape index (κ1) is 14.0. The van der Waals surface area contributed by atoms with Crippen LogP contribution >= 0.6 is 27.3 Å². The molecule has 0 bridgehead atoms. The van der Waals surface area contributed by atoms with Gasteiger partial charge in [0.1, 0.15) is 6.07 Å². The van der Waals surface area contributed by atoms with Crippen LogP contribution < -0.4 is 5.32 Å². The SMILES string of the molecule is N#Cc1ccc(NCCc2ccc(Br)s2)c(F)c1F. The first-order valence-electron chi connectivity index (χ1n) is 5.48. The molecule has 1 aromatic carbocycles. The number of nitrogens with zero attached hydrogens (tertiary/aromatic N) is 1. The molecule has 1 N–H and O–H groups in total. The molecule has 0 aliphatic heterocycles. The minimum atomic E-state index is -1.11. The molecule has 0 saturated heterocycles. The van der Waals surface area contributed by atoms with Crippen molar-refractivity contribution in [3.8, 4) is 6.07 Å². The molecule has 2 nitrogen and oxygen atoms in total. The largest absolute Gasteiger partial charge is 0.382 e. The molecule has 1 aromatic heterocycles. The number of nitriles is 1. The second kappa shape index (κ2) is 6.13. The zero-order chi connectivity index (χ0) is 13.8. The number of thiophene rings is 1. The van der Waals surface area contributed by atoms with E-state index in [2.05, 4.69) is 21.2 Å². The Bertz CT molecular complexity index is 634. The van der Waals surface area contributed by atoms with Crippen LogP contribution in [0.25, 0.3) is 0 Å². The number of benzene rings is 1. The fourth-order valence-electron chi connectivity index (χ4n) is 1.58. The van der Waals surface area contributed by atoms with Crippen molar-refractivity contribution >= 4 is 33.0 Å². The van der Waals surface area contributed by atoms with Gasteiger partial charge in [0.05, 0.1) is 15.0 Å². The fraction of sp³-hybridized carbons (Fsp3) is 0.154. The van der Waals surface area contributed by atoms with Gasteiger partial charge < -0.3 is 5.32 Å². The molecule has 1 heterocycles. The molecule has 0 radical (unpaired) electrons. The summed E-state index contributed by atoms with van der Waals surface area (Å²) >= 11 is 4.97. The van der Waals surface area contributed by atoms with Gasteiger partial charge in [0, 0.05) is 11.4 Å². The Kier molecular flexibility index (Phi) is 4.51. The topological polar surface area (TPSA) is 35.8 Å². The van der Waals surface area contributed by atoms with Gasteiger partial charge in [0.2, 0.25) is 0 Å². The van der Waals surface area contributed by atoms with E-state index >= 15 is 0 Å². The van der Waals surface area contributed by atoms with Crippen molar-refractivity contribution in [1.29, 1.82) is 5.26 Å². The van der Waals surface area contributed by atoms with Crippen LogP contribution in [-0.4, -0.2) is 6.54 Å². The van der Waals surface area contributed by atoms with Gasteiger partial charge in [-0.05, 0) is 46.6 Å². The number of hydrogen-bond acceptors (Lipinski definition) is 3. The molecule has 0 aliphatic carbocycles. The molecule has 0 amide bonds. The predicted octanol–water partition coefficient (Wildman–Crippen LogP) is 4.32. The van der Waals surface area contributed by atoms with Crippen LogP contribution in [0.15, 0.2) is 28.1 Å². The highest BCUT2D eigenvalue weighted by Gasteiger charge is 2.12. The molecule has 0 atom stereocenters. The normalized spacial score (nSPS) is 10.2. The van der Waals surface area contributed by atoms with E-state index in [0.717, 1.165) is 15.1 Å². The quantitative estimate of drug-likeness (QED) is 0.898. The van der Waals surface area contributed by atoms with Crippen molar-refractivity contribution < 1.29 is 8.78 Å². The highest BCUT2D eigenvalue weighted by atomic mass is 79.9. The molecule has 2 aromatic rings. The second-order valence-electron chi connectivity index (χ2n) is 3.78. The second-order valence-corrected chi connectivity index (χ2v) is 6.33. The summed E-state index contributed by atoms with van der Waals surface area (Å²) in [6, 6.07) is 8.17. The van der Waals surface area contributed by atoms with E-state index in [1.165, 1.54) is 12.1 Å². The fourth-order valence-corrected chi connectivity index (χ4v) is 3.06. The van der Waals surface area contributed by atoms with Crippen molar-refractivity contribution in [2.24, 2.45) is 0 Å². The molecule has 19 heavy (non-hydrogen) atoms. The molecular formula is C13H9BrF2N2S. The average Bonchev–Trinajstić information content (AvgIpc) is 2.81. The highest BCUT2D eigenvalue weighted by Crippen LogP contribution is 2.23. The van der Waals surface area contributed by atoms with Crippen LogP contribution in [0.1, 0.15) is 10.4 Å². The zero-order valence-electron chi connectivity index (χ0n) is 9.71. The van der Waals surface area contributed by atoms with Crippen molar-refractivity contribution in [2.75, 3.05) is 11.9 Å². The summed E-state index contributed by atoms with van der Waals surface area (Å²) < 4.78 is 28.0. The summed E-state index contributed by atoms with van der Waals surface area (Å²) in [5, 5.41) is 11.4. The molecule has 0 fully saturated rings. The minimum Gasteiger partial charge on any atom is -0.382 e. The Hall–Kier alpha value is -1.45. The van der Waals surface area contributed by atoms with E-state index in [-0.39, 0.29) is 11.3 Å². The number of anilines is 1. The van der Waals surface area contributed by atoms with Gasteiger partial charge in [-0.2, -0.15) is 5.26 Å². The van der Waals surface area contributed by atoms with Crippen molar-refractivity contribution in [3.63, 3.8) is 0 Å². The summed E-state index contributed by atoms with van der Waals surface area (Å²) in [5.74, 6) is -2.11. The number of hydrogen-bond donors (Lipinski definition) is 1. The molecule has 0 unspecified atom stereocenters. The maximum Gasteiger partial charge on any atom is 0.183 e. The monoisotopic (exact) mass is 342 g/mol. The van der Waals surface area contributed by atoms with E-state index in [4.69, 9.17) is 5.26 Å². The summed E-state index contributed by atoms with van der Waals surface area (Å²) in [7, 11) is 0. The highest BCUT2D eigenvalue weighted by molar-refractivity contribution is 9.11.